The van der Waals surface area contributed by atoms with E-state index in [1.54, 1.807) is 6.21 Å². The van der Waals surface area contributed by atoms with Gasteiger partial charge in [0.2, 0.25) is 0 Å². The summed E-state index contributed by atoms with van der Waals surface area (Å²) in [5, 5.41) is 7.09. The van der Waals surface area contributed by atoms with Gasteiger partial charge in [0.25, 0.3) is 0 Å². The van der Waals surface area contributed by atoms with Crippen LogP contribution in [0.15, 0.2) is 0 Å². The molecule has 2 rings (SSSR count). The van der Waals surface area contributed by atoms with Gasteiger partial charge in [-0.3, -0.25) is 0 Å². The second-order valence-corrected chi connectivity index (χ2v) is 3.46. The van der Waals surface area contributed by atoms with Crippen molar-refractivity contribution in [3.05, 3.63) is 0 Å². The summed E-state index contributed by atoms with van der Waals surface area (Å²) in [7, 11) is 0. The standard InChI is InChI=1S/C7H11N/c1-7(4-8)3-5-2-6(5)7/h4-6,8H,2-3H2,1H3. The van der Waals surface area contributed by atoms with Crippen LogP contribution in [-0.4, -0.2) is 6.21 Å². The maximum Gasteiger partial charge on any atom is 0.00550 e. The summed E-state index contributed by atoms with van der Waals surface area (Å²) >= 11 is 0. The highest BCUT2D eigenvalue weighted by atomic mass is 14.7. The van der Waals surface area contributed by atoms with Gasteiger partial charge >= 0.3 is 0 Å². The molecule has 0 aromatic heterocycles. The van der Waals surface area contributed by atoms with Crippen molar-refractivity contribution >= 4 is 6.21 Å². The SMILES string of the molecule is CC1(C=N)CC2CC21. The predicted octanol–water partition coefficient (Wildman–Crippen LogP) is 1.68. The third-order valence-corrected chi connectivity index (χ3v) is 2.80. The molecule has 0 heterocycles. The summed E-state index contributed by atoms with van der Waals surface area (Å²) in [5.74, 6) is 1.95. The van der Waals surface area contributed by atoms with Crippen LogP contribution >= 0.6 is 0 Å². The third-order valence-electron chi connectivity index (χ3n) is 2.80. The van der Waals surface area contributed by atoms with Crippen molar-refractivity contribution in [3.63, 3.8) is 0 Å². The molecule has 3 unspecified atom stereocenters. The molecule has 2 fully saturated rings. The number of hydrogen-bond donors (Lipinski definition) is 1. The molecule has 1 N–H and O–H groups in total. The molecule has 2 saturated carbocycles. The van der Waals surface area contributed by atoms with E-state index in [2.05, 4.69) is 6.92 Å². The van der Waals surface area contributed by atoms with Gasteiger partial charge in [0.1, 0.15) is 0 Å². The molecule has 0 spiro atoms. The lowest BCUT2D eigenvalue weighted by molar-refractivity contribution is 0.242. The van der Waals surface area contributed by atoms with Gasteiger partial charge in [0.05, 0.1) is 0 Å². The molecule has 0 aliphatic heterocycles. The Bertz CT molecular complexity index is 141. The van der Waals surface area contributed by atoms with Crippen LogP contribution in [0.25, 0.3) is 0 Å². The first-order valence-corrected chi connectivity index (χ1v) is 3.28. The lowest BCUT2D eigenvalue weighted by atomic mass is 9.71. The van der Waals surface area contributed by atoms with E-state index in [-0.39, 0.29) is 0 Å². The first-order valence-electron chi connectivity index (χ1n) is 3.28. The minimum Gasteiger partial charge on any atom is -0.313 e. The van der Waals surface area contributed by atoms with Crippen LogP contribution in [-0.2, 0) is 0 Å². The molecule has 0 amide bonds. The predicted molar refractivity (Wildman–Crippen MR) is 33.1 cm³/mol. The Morgan fingerprint density at radius 1 is 1.75 bits per heavy atom. The second-order valence-electron chi connectivity index (χ2n) is 3.46. The first kappa shape index (κ1) is 4.54. The van der Waals surface area contributed by atoms with E-state index in [0.717, 1.165) is 11.8 Å². The lowest BCUT2D eigenvalue weighted by Crippen LogP contribution is -2.30. The molecule has 8 heavy (non-hydrogen) atoms. The highest BCUT2D eigenvalue weighted by molar-refractivity contribution is 5.65. The lowest BCUT2D eigenvalue weighted by Gasteiger charge is -2.33. The van der Waals surface area contributed by atoms with Crippen LogP contribution in [0.2, 0.25) is 0 Å². The summed E-state index contributed by atoms with van der Waals surface area (Å²) in [4.78, 5) is 0. The Kier molecular flexibility index (Phi) is 0.565. The van der Waals surface area contributed by atoms with Gasteiger partial charge in [0, 0.05) is 11.6 Å². The number of fused-ring (bicyclic) bond motifs is 1. The van der Waals surface area contributed by atoms with Crippen molar-refractivity contribution in [1.29, 1.82) is 5.41 Å². The summed E-state index contributed by atoms with van der Waals surface area (Å²) < 4.78 is 0. The van der Waals surface area contributed by atoms with Crippen molar-refractivity contribution in [2.75, 3.05) is 0 Å². The molecule has 2 aliphatic rings. The van der Waals surface area contributed by atoms with Crippen molar-refractivity contribution in [1.82, 2.24) is 0 Å². The highest BCUT2D eigenvalue weighted by Crippen LogP contribution is 2.66. The van der Waals surface area contributed by atoms with Crippen LogP contribution in [0.4, 0.5) is 0 Å². The van der Waals surface area contributed by atoms with E-state index in [0.29, 0.717) is 5.41 Å². The van der Waals surface area contributed by atoms with E-state index in [1.807, 2.05) is 0 Å². The zero-order valence-electron chi connectivity index (χ0n) is 5.15. The van der Waals surface area contributed by atoms with Crippen LogP contribution in [0.3, 0.4) is 0 Å². The number of nitrogens with one attached hydrogen (secondary N) is 1. The van der Waals surface area contributed by atoms with Gasteiger partial charge in [-0.05, 0) is 24.7 Å². The summed E-state index contributed by atoms with van der Waals surface area (Å²) in [5.41, 5.74) is 0.338. The maximum atomic E-state index is 7.09. The molecule has 0 saturated heterocycles. The van der Waals surface area contributed by atoms with Crippen molar-refractivity contribution in [2.24, 2.45) is 17.3 Å². The molecule has 2 aliphatic carbocycles. The minimum atomic E-state index is 0.338. The van der Waals surface area contributed by atoms with Gasteiger partial charge in [-0.1, -0.05) is 6.92 Å². The molecular formula is C7H11N. The fraction of sp³-hybridized carbons (Fsp3) is 0.857. The molecule has 1 heteroatoms. The number of rotatable bonds is 1. The Morgan fingerprint density at radius 3 is 2.62 bits per heavy atom. The minimum absolute atomic E-state index is 0.338. The van der Waals surface area contributed by atoms with Gasteiger partial charge in [-0.25, -0.2) is 0 Å². The zero-order valence-corrected chi connectivity index (χ0v) is 5.15. The molecule has 44 valence electrons. The van der Waals surface area contributed by atoms with Crippen LogP contribution in [0.1, 0.15) is 19.8 Å². The number of hydrogen-bond acceptors (Lipinski definition) is 1. The van der Waals surface area contributed by atoms with Gasteiger partial charge in [-0.2, -0.15) is 0 Å². The summed E-state index contributed by atoms with van der Waals surface area (Å²) in [6.07, 6.45) is 4.34. The van der Waals surface area contributed by atoms with Crippen molar-refractivity contribution < 1.29 is 0 Å². The Morgan fingerprint density at radius 2 is 2.50 bits per heavy atom. The summed E-state index contributed by atoms with van der Waals surface area (Å²) in [6.45, 7) is 2.20. The van der Waals surface area contributed by atoms with E-state index in [4.69, 9.17) is 5.41 Å². The molecule has 1 nitrogen and oxygen atoms in total. The molecule has 3 atom stereocenters. The quantitative estimate of drug-likeness (QED) is 0.495. The van der Waals surface area contributed by atoms with Crippen molar-refractivity contribution in [3.8, 4) is 0 Å². The van der Waals surface area contributed by atoms with E-state index < -0.39 is 0 Å². The van der Waals surface area contributed by atoms with Crippen LogP contribution in [0.5, 0.6) is 0 Å². The Labute approximate surface area is 49.6 Å². The van der Waals surface area contributed by atoms with Crippen LogP contribution in [0, 0.1) is 22.7 Å². The largest absolute Gasteiger partial charge is 0.313 e. The molecule has 0 aromatic rings. The van der Waals surface area contributed by atoms with Gasteiger partial charge in [-0.15, -0.1) is 0 Å². The molecule has 0 radical (unpaired) electrons. The smallest absolute Gasteiger partial charge is 0.00550 e. The molecular weight excluding hydrogens is 98.1 g/mol. The molecule has 0 aromatic carbocycles. The third kappa shape index (κ3) is 0.320. The van der Waals surface area contributed by atoms with Crippen LogP contribution < -0.4 is 0 Å². The zero-order chi connectivity index (χ0) is 5.78. The van der Waals surface area contributed by atoms with E-state index in [1.165, 1.54) is 12.8 Å². The fourth-order valence-corrected chi connectivity index (χ4v) is 2.00. The first-order chi connectivity index (χ1) is 3.76. The maximum absolute atomic E-state index is 7.09. The normalized spacial score (nSPS) is 58.6. The van der Waals surface area contributed by atoms with Gasteiger partial charge in [0.15, 0.2) is 0 Å². The highest BCUT2D eigenvalue weighted by Gasteiger charge is 2.60. The summed E-state index contributed by atoms with van der Waals surface area (Å²) in [6, 6.07) is 0. The van der Waals surface area contributed by atoms with E-state index >= 15 is 0 Å². The van der Waals surface area contributed by atoms with Gasteiger partial charge < -0.3 is 5.41 Å². The Balaban J connectivity index is 2.16. The van der Waals surface area contributed by atoms with E-state index in [9.17, 15) is 0 Å². The fourth-order valence-electron chi connectivity index (χ4n) is 2.00. The second kappa shape index (κ2) is 0.996. The monoisotopic (exact) mass is 109 g/mol. The average molecular weight is 109 g/mol. The Hall–Kier alpha value is -0.330. The molecule has 0 bridgehead atoms. The topological polar surface area (TPSA) is 23.9 Å². The van der Waals surface area contributed by atoms with Crippen molar-refractivity contribution in [2.45, 2.75) is 19.8 Å². The average Bonchev–Trinajstić information content (AvgIpc) is 2.40.